The second-order valence-corrected chi connectivity index (χ2v) is 8.07. The topological polar surface area (TPSA) is 78.9 Å². The maximum atomic E-state index is 12.8. The van der Waals surface area contributed by atoms with Crippen LogP contribution in [0.1, 0.15) is 28.2 Å². The largest absolute Gasteiger partial charge is 0.383 e. The predicted molar refractivity (Wildman–Crippen MR) is 128 cm³/mol. The molecule has 1 aromatic carbocycles. The van der Waals surface area contributed by atoms with E-state index in [1.54, 1.807) is 18.2 Å². The zero-order valence-corrected chi connectivity index (χ0v) is 19.5. The average molecular weight is 452 g/mol. The molecule has 8 heteroatoms. The van der Waals surface area contributed by atoms with Crippen molar-refractivity contribution in [2.24, 2.45) is 0 Å². The molecule has 1 aromatic heterocycles. The molecule has 2 amide bonds. The number of amides is 2. The molecule has 0 spiro atoms. The molecule has 0 bridgehead atoms. The van der Waals surface area contributed by atoms with Crippen LogP contribution < -0.4 is 0 Å². The van der Waals surface area contributed by atoms with Gasteiger partial charge in [-0.15, -0.1) is 0 Å². The lowest BCUT2D eigenvalue weighted by atomic mass is 10.2. The van der Waals surface area contributed by atoms with Crippen molar-refractivity contribution in [2.75, 3.05) is 59.5 Å². The van der Waals surface area contributed by atoms with E-state index >= 15 is 0 Å². The molecular formula is C25H33N5O3. The van der Waals surface area contributed by atoms with Crippen LogP contribution >= 0.6 is 0 Å². The highest BCUT2D eigenvalue weighted by Crippen LogP contribution is 2.08. The summed E-state index contributed by atoms with van der Waals surface area (Å²) >= 11 is 0. The number of carbonyl (C=O) groups is 2. The number of benzene rings is 1. The summed E-state index contributed by atoms with van der Waals surface area (Å²) in [4.78, 5) is 39.8. The third-order valence-electron chi connectivity index (χ3n) is 5.65. The summed E-state index contributed by atoms with van der Waals surface area (Å²) in [6.07, 6.45) is 7.62. The molecule has 2 aromatic rings. The van der Waals surface area contributed by atoms with Crippen LogP contribution in [-0.4, -0.2) is 96.0 Å². The first-order valence-electron chi connectivity index (χ1n) is 11.4. The van der Waals surface area contributed by atoms with Gasteiger partial charge in [-0.3, -0.25) is 19.5 Å². The molecule has 0 N–H and O–H groups in total. The number of methoxy groups -OCH3 is 1. The normalized spacial score (nSPS) is 14.5. The van der Waals surface area contributed by atoms with Crippen molar-refractivity contribution in [1.82, 2.24) is 24.7 Å². The molecule has 0 atom stereocenters. The Morgan fingerprint density at radius 2 is 1.82 bits per heavy atom. The van der Waals surface area contributed by atoms with Crippen molar-refractivity contribution in [3.63, 3.8) is 0 Å². The van der Waals surface area contributed by atoms with Gasteiger partial charge in [-0.1, -0.05) is 42.5 Å². The number of rotatable bonds is 10. The first-order valence-corrected chi connectivity index (χ1v) is 11.4. The van der Waals surface area contributed by atoms with E-state index in [1.807, 2.05) is 30.0 Å². The molecule has 0 aliphatic carbocycles. The fourth-order valence-electron chi connectivity index (χ4n) is 3.65. The highest BCUT2D eigenvalue weighted by Gasteiger charge is 2.23. The second kappa shape index (κ2) is 12.8. The van der Waals surface area contributed by atoms with E-state index < -0.39 is 0 Å². The summed E-state index contributed by atoms with van der Waals surface area (Å²) in [7, 11) is 1.59. The number of piperazine rings is 1. The van der Waals surface area contributed by atoms with E-state index in [9.17, 15) is 9.59 Å². The van der Waals surface area contributed by atoms with Crippen molar-refractivity contribution >= 4 is 17.9 Å². The lowest BCUT2D eigenvalue weighted by molar-refractivity contribution is -0.133. The van der Waals surface area contributed by atoms with Gasteiger partial charge in [0.15, 0.2) is 0 Å². The molecule has 176 valence electrons. The number of ether oxygens (including phenoxy) is 1. The summed E-state index contributed by atoms with van der Waals surface area (Å²) < 4.78 is 5.14. The minimum atomic E-state index is -0.234. The van der Waals surface area contributed by atoms with Gasteiger partial charge in [0.05, 0.1) is 18.5 Å². The Balaban J connectivity index is 1.45. The van der Waals surface area contributed by atoms with Crippen LogP contribution in [0.5, 0.6) is 0 Å². The van der Waals surface area contributed by atoms with Crippen LogP contribution in [-0.2, 0) is 9.53 Å². The Morgan fingerprint density at radius 1 is 1.06 bits per heavy atom. The molecule has 0 radical (unpaired) electrons. The predicted octanol–water partition coefficient (Wildman–Crippen LogP) is 2.12. The maximum absolute atomic E-state index is 12.8. The Morgan fingerprint density at radius 3 is 2.48 bits per heavy atom. The number of aromatic nitrogens is 2. The summed E-state index contributed by atoms with van der Waals surface area (Å²) in [6, 6.07) is 10.2. The summed E-state index contributed by atoms with van der Waals surface area (Å²) in [6.45, 7) is 6.91. The van der Waals surface area contributed by atoms with Crippen LogP contribution in [0, 0.1) is 6.92 Å². The first-order chi connectivity index (χ1) is 16.1. The molecule has 1 aliphatic heterocycles. The average Bonchev–Trinajstić information content (AvgIpc) is 2.85. The third kappa shape index (κ3) is 7.76. The lowest BCUT2D eigenvalue weighted by Gasteiger charge is -2.34. The minimum Gasteiger partial charge on any atom is -0.383 e. The summed E-state index contributed by atoms with van der Waals surface area (Å²) in [5.74, 6) is -0.165. The highest BCUT2D eigenvalue weighted by atomic mass is 16.5. The van der Waals surface area contributed by atoms with Crippen molar-refractivity contribution in [3.8, 4) is 0 Å². The van der Waals surface area contributed by atoms with Gasteiger partial charge in [0.2, 0.25) is 5.91 Å². The Hall–Kier alpha value is -3.10. The molecule has 1 fully saturated rings. The maximum Gasteiger partial charge on any atom is 0.274 e. The van der Waals surface area contributed by atoms with Gasteiger partial charge in [0, 0.05) is 65.5 Å². The molecule has 8 nitrogen and oxygen atoms in total. The minimum absolute atomic E-state index is 0.0692. The molecule has 0 unspecified atom stereocenters. The number of hydrogen-bond acceptors (Lipinski definition) is 6. The smallest absolute Gasteiger partial charge is 0.274 e. The highest BCUT2D eigenvalue weighted by molar-refractivity contribution is 5.92. The van der Waals surface area contributed by atoms with Crippen LogP contribution in [0.15, 0.2) is 48.8 Å². The van der Waals surface area contributed by atoms with Gasteiger partial charge >= 0.3 is 0 Å². The van der Waals surface area contributed by atoms with Gasteiger partial charge in [-0.2, -0.15) is 0 Å². The van der Waals surface area contributed by atoms with Crippen molar-refractivity contribution in [3.05, 3.63) is 65.8 Å². The second-order valence-electron chi connectivity index (χ2n) is 8.07. The van der Waals surface area contributed by atoms with Gasteiger partial charge in [-0.25, -0.2) is 4.98 Å². The van der Waals surface area contributed by atoms with E-state index in [0.29, 0.717) is 32.8 Å². The Kier molecular flexibility index (Phi) is 9.53. The van der Waals surface area contributed by atoms with E-state index in [2.05, 4.69) is 39.2 Å². The third-order valence-corrected chi connectivity index (χ3v) is 5.65. The number of nitrogens with zero attached hydrogens (tertiary/aromatic N) is 5. The number of carbonyl (C=O) groups excluding carboxylic acids is 2. The fourth-order valence-corrected chi connectivity index (χ4v) is 3.65. The zero-order valence-electron chi connectivity index (χ0n) is 19.5. The van der Waals surface area contributed by atoms with Crippen LogP contribution in [0.3, 0.4) is 0 Å². The summed E-state index contributed by atoms with van der Waals surface area (Å²) in [5.41, 5.74) is 2.22. The van der Waals surface area contributed by atoms with Gasteiger partial charge in [-0.05, 0) is 12.5 Å². The Bertz CT molecular complexity index is 909. The Labute approximate surface area is 195 Å². The molecule has 1 aliphatic rings. The van der Waals surface area contributed by atoms with E-state index in [-0.39, 0.29) is 23.9 Å². The first kappa shape index (κ1) is 24.5. The fraction of sp³-hybridized carbons (Fsp3) is 0.440. The quantitative estimate of drug-likeness (QED) is 0.551. The molecular weight excluding hydrogens is 418 g/mol. The van der Waals surface area contributed by atoms with E-state index in [1.165, 1.54) is 11.8 Å². The van der Waals surface area contributed by atoms with Crippen molar-refractivity contribution in [2.45, 2.75) is 13.3 Å². The molecule has 3 rings (SSSR count). The van der Waals surface area contributed by atoms with Crippen LogP contribution in [0.2, 0.25) is 0 Å². The van der Waals surface area contributed by atoms with Crippen LogP contribution in [0.4, 0.5) is 0 Å². The van der Waals surface area contributed by atoms with Gasteiger partial charge in [0.25, 0.3) is 5.91 Å². The number of hydrogen-bond donors (Lipinski definition) is 0. The molecule has 0 saturated carbocycles. The number of aryl methyl sites for hydroxylation is 1. The van der Waals surface area contributed by atoms with Gasteiger partial charge in [0.1, 0.15) is 5.69 Å². The van der Waals surface area contributed by atoms with Gasteiger partial charge < -0.3 is 14.5 Å². The molecule has 1 saturated heterocycles. The molecule has 33 heavy (non-hydrogen) atoms. The van der Waals surface area contributed by atoms with E-state index in [4.69, 9.17) is 4.74 Å². The lowest BCUT2D eigenvalue weighted by Crippen LogP contribution is -2.49. The SMILES string of the molecule is COCCN(CCC(=O)N1CCN(C/C=C/c2ccccc2)CC1)C(=O)c1cnc(C)cn1. The van der Waals surface area contributed by atoms with Crippen molar-refractivity contribution in [1.29, 1.82) is 0 Å². The summed E-state index contributed by atoms with van der Waals surface area (Å²) in [5, 5.41) is 0. The monoisotopic (exact) mass is 451 g/mol. The van der Waals surface area contributed by atoms with E-state index in [0.717, 1.165) is 25.3 Å². The molecule has 2 heterocycles. The van der Waals surface area contributed by atoms with Crippen molar-refractivity contribution < 1.29 is 14.3 Å². The standard InChI is InChI=1S/C25H33N5O3/c1-21-19-27-23(20-26-21)25(32)30(17-18-33-2)12-10-24(31)29-15-13-28(14-16-29)11-6-9-22-7-4-3-5-8-22/h3-9,19-20H,10-18H2,1-2H3/b9-6+. The zero-order chi connectivity index (χ0) is 23.5. The van der Waals surface area contributed by atoms with Crippen LogP contribution in [0.25, 0.3) is 6.08 Å².